The number of hydrogen-bond acceptors (Lipinski definition) is 5. The van der Waals surface area contributed by atoms with Gasteiger partial charge in [-0.15, -0.1) is 12.4 Å². The lowest BCUT2D eigenvalue weighted by molar-refractivity contribution is -0.137. The van der Waals surface area contributed by atoms with Crippen molar-refractivity contribution in [3.05, 3.63) is 57.8 Å². The topological polar surface area (TPSA) is 71.9 Å². The van der Waals surface area contributed by atoms with Crippen LogP contribution in [0.1, 0.15) is 23.7 Å². The molecule has 0 saturated carbocycles. The van der Waals surface area contributed by atoms with Crippen molar-refractivity contribution in [2.75, 3.05) is 26.2 Å². The Morgan fingerprint density at radius 2 is 1.93 bits per heavy atom. The molecule has 1 aromatic carbocycles. The minimum atomic E-state index is -0.783. The zero-order valence-corrected chi connectivity index (χ0v) is 17.3. The summed E-state index contributed by atoms with van der Waals surface area (Å²) in [6.07, 6.45) is 3.13. The number of halogens is 3. The maximum Gasteiger partial charge on any atom is 0.304 e. The van der Waals surface area contributed by atoms with Gasteiger partial charge in [0.1, 0.15) is 12.4 Å². The largest absolute Gasteiger partial charge is 0.489 e. The Morgan fingerprint density at radius 3 is 2.57 bits per heavy atom. The molecule has 28 heavy (non-hydrogen) atoms. The van der Waals surface area contributed by atoms with Crippen LogP contribution in [0.4, 0.5) is 0 Å². The maximum atomic E-state index is 10.7. The summed E-state index contributed by atoms with van der Waals surface area (Å²) in [6.45, 7) is 2.79. The highest BCUT2D eigenvalue weighted by Gasteiger charge is 2.22. The van der Waals surface area contributed by atoms with Crippen LogP contribution in [0.5, 0.6) is 5.75 Å². The summed E-state index contributed by atoms with van der Waals surface area (Å²) in [5.74, 6) is -0.0878. The van der Waals surface area contributed by atoms with Crippen LogP contribution in [0.15, 0.2) is 36.7 Å². The van der Waals surface area contributed by atoms with Crippen LogP contribution in [0.3, 0.4) is 0 Å². The van der Waals surface area contributed by atoms with Crippen molar-refractivity contribution in [3.8, 4) is 5.75 Å². The second-order valence-corrected chi connectivity index (χ2v) is 7.06. The molecule has 152 valence electrons. The van der Waals surface area contributed by atoms with Crippen LogP contribution < -0.4 is 4.74 Å². The first kappa shape index (κ1) is 22.7. The smallest absolute Gasteiger partial charge is 0.304 e. The van der Waals surface area contributed by atoms with E-state index in [4.69, 9.17) is 37.8 Å². The van der Waals surface area contributed by atoms with E-state index in [1.165, 1.54) is 12.4 Å². The number of hydrogen-bond donors (Lipinski definition) is 1. The Morgan fingerprint density at radius 1 is 1.25 bits per heavy atom. The Hall–Kier alpha value is -1.57. The van der Waals surface area contributed by atoms with E-state index < -0.39 is 5.97 Å². The Balaban J connectivity index is 0.00000280. The zero-order chi connectivity index (χ0) is 19.2. The van der Waals surface area contributed by atoms with Crippen molar-refractivity contribution in [2.45, 2.75) is 19.1 Å². The number of carboxylic acids is 1. The predicted octanol–water partition coefficient (Wildman–Crippen LogP) is 4.24. The first-order valence-electron chi connectivity index (χ1n) is 8.59. The zero-order valence-electron chi connectivity index (χ0n) is 15.0. The molecule has 9 heteroatoms. The van der Waals surface area contributed by atoms with Crippen molar-refractivity contribution in [3.63, 3.8) is 0 Å². The Bertz CT molecular complexity index is 769. The summed E-state index contributed by atoms with van der Waals surface area (Å²) < 4.78 is 11.6. The van der Waals surface area contributed by atoms with Crippen LogP contribution in [0.25, 0.3) is 0 Å². The molecule has 0 spiro atoms. The second kappa shape index (κ2) is 10.8. The molecular weight excluding hydrogens is 427 g/mol. The summed E-state index contributed by atoms with van der Waals surface area (Å²) in [6, 6.07) is 7.66. The normalized spacial score (nSPS) is 17.0. The number of nitrogens with zero attached hydrogens (tertiary/aromatic N) is 2. The lowest BCUT2D eigenvalue weighted by atomic mass is 10.1. The SMILES string of the molecule is Cl.O=C(O)CCN1CCOC(c2ccc(OCc3c(Cl)cncc3Cl)cc2)C1. The van der Waals surface area contributed by atoms with Crippen molar-refractivity contribution in [1.82, 2.24) is 9.88 Å². The summed E-state index contributed by atoms with van der Waals surface area (Å²) in [7, 11) is 0. The van der Waals surface area contributed by atoms with Gasteiger partial charge in [-0.2, -0.15) is 0 Å². The molecule has 1 aliphatic rings. The molecule has 1 N–H and O–H groups in total. The highest BCUT2D eigenvalue weighted by Crippen LogP contribution is 2.27. The summed E-state index contributed by atoms with van der Waals surface area (Å²) >= 11 is 12.2. The van der Waals surface area contributed by atoms with Gasteiger partial charge >= 0.3 is 5.97 Å². The molecule has 2 aromatic rings. The van der Waals surface area contributed by atoms with Gasteiger partial charge in [-0.1, -0.05) is 35.3 Å². The Labute approximate surface area is 179 Å². The van der Waals surface area contributed by atoms with Gasteiger partial charge in [0.25, 0.3) is 0 Å². The molecule has 6 nitrogen and oxygen atoms in total. The highest BCUT2D eigenvalue weighted by atomic mass is 35.5. The van der Waals surface area contributed by atoms with Crippen LogP contribution >= 0.6 is 35.6 Å². The molecule has 2 heterocycles. The fraction of sp³-hybridized carbons (Fsp3) is 0.368. The molecule has 0 radical (unpaired) electrons. The predicted molar refractivity (Wildman–Crippen MR) is 110 cm³/mol. The molecule has 1 aromatic heterocycles. The number of ether oxygens (including phenoxy) is 2. The molecule has 1 unspecified atom stereocenters. The fourth-order valence-electron chi connectivity index (χ4n) is 2.87. The second-order valence-electron chi connectivity index (χ2n) is 6.24. The van der Waals surface area contributed by atoms with Gasteiger partial charge in [-0.25, -0.2) is 0 Å². The number of aromatic nitrogens is 1. The first-order chi connectivity index (χ1) is 13.0. The van der Waals surface area contributed by atoms with E-state index in [-0.39, 0.29) is 31.5 Å². The minimum absolute atomic E-state index is 0. The van der Waals surface area contributed by atoms with Crippen LogP contribution in [-0.2, 0) is 16.1 Å². The molecule has 1 fully saturated rings. The lowest BCUT2D eigenvalue weighted by Crippen LogP contribution is -2.39. The molecule has 0 bridgehead atoms. The number of carbonyl (C=O) groups is 1. The van der Waals surface area contributed by atoms with E-state index in [1.807, 2.05) is 24.3 Å². The highest BCUT2D eigenvalue weighted by molar-refractivity contribution is 6.35. The van der Waals surface area contributed by atoms with E-state index in [9.17, 15) is 4.79 Å². The molecular formula is C19H21Cl3N2O4. The van der Waals surface area contributed by atoms with Gasteiger partial charge in [-0.3, -0.25) is 14.7 Å². The number of benzene rings is 1. The van der Waals surface area contributed by atoms with Gasteiger partial charge in [-0.05, 0) is 17.7 Å². The number of carboxylic acid groups (broad SMARTS) is 1. The standard InChI is InChI=1S/C19H20Cl2N2O4.ClH/c20-16-9-22-10-17(21)15(16)12-27-14-3-1-13(2-4-14)18-11-23(7-8-26-18)6-5-19(24)25;/h1-4,9-10,18H,5-8,11-12H2,(H,24,25);1H. The van der Waals surface area contributed by atoms with Crippen molar-refractivity contribution in [1.29, 1.82) is 0 Å². The number of morpholine rings is 1. The number of pyridine rings is 1. The average Bonchev–Trinajstić information content (AvgIpc) is 2.67. The average molecular weight is 448 g/mol. The van der Waals surface area contributed by atoms with Crippen molar-refractivity contribution in [2.24, 2.45) is 0 Å². The molecule has 0 amide bonds. The Kier molecular flexibility index (Phi) is 8.79. The van der Waals surface area contributed by atoms with E-state index in [0.717, 1.165) is 12.1 Å². The third-order valence-corrected chi connectivity index (χ3v) is 5.03. The van der Waals surface area contributed by atoms with E-state index in [1.54, 1.807) is 0 Å². The quantitative estimate of drug-likeness (QED) is 0.684. The summed E-state index contributed by atoms with van der Waals surface area (Å²) in [4.78, 5) is 16.8. The monoisotopic (exact) mass is 446 g/mol. The third kappa shape index (κ3) is 6.22. The van der Waals surface area contributed by atoms with Crippen LogP contribution in [0.2, 0.25) is 10.0 Å². The van der Waals surface area contributed by atoms with Crippen molar-refractivity contribution < 1.29 is 19.4 Å². The van der Waals surface area contributed by atoms with Crippen LogP contribution in [-0.4, -0.2) is 47.2 Å². The minimum Gasteiger partial charge on any atom is -0.489 e. The molecule has 1 saturated heterocycles. The van der Waals surface area contributed by atoms with Crippen molar-refractivity contribution >= 4 is 41.6 Å². The van der Waals surface area contributed by atoms with E-state index in [2.05, 4.69) is 9.88 Å². The fourth-order valence-corrected chi connectivity index (χ4v) is 3.34. The molecule has 3 rings (SSSR count). The van der Waals surface area contributed by atoms with Gasteiger partial charge in [0.2, 0.25) is 0 Å². The van der Waals surface area contributed by atoms with Gasteiger partial charge in [0.05, 0.1) is 29.2 Å². The summed E-state index contributed by atoms with van der Waals surface area (Å²) in [5.41, 5.74) is 1.73. The number of rotatable bonds is 7. The van der Waals surface area contributed by atoms with Crippen LogP contribution in [0, 0.1) is 0 Å². The number of aliphatic carboxylic acids is 1. The van der Waals surface area contributed by atoms with E-state index in [0.29, 0.717) is 41.1 Å². The van der Waals surface area contributed by atoms with Gasteiger partial charge in [0, 0.05) is 37.6 Å². The lowest BCUT2D eigenvalue weighted by Gasteiger charge is -2.32. The van der Waals surface area contributed by atoms with E-state index >= 15 is 0 Å². The molecule has 1 atom stereocenters. The first-order valence-corrected chi connectivity index (χ1v) is 9.35. The third-order valence-electron chi connectivity index (χ3n) is 4.38. The summed E-state index contributed by atoms with van der Waals surface area (Å²) in [5, 5.41) is 9.77. The maximum absolute atomic E-state index is 10.7. The molecule has 1 aliphatic heterocycles. The van der Waals surface area contributed by atoms with Gasteiger partial charge in [0.15, 0.2) is 0 Å². The molecule has 0 aliphatic carbocycles. The van der Waals surface area contributed by atoms with Gasteiger partial charge < -0.3 is 14.6 Å².